The Balaban J connectivity index is 2.77. The maximum Gasteiger partial charge on any atom is 0.137 e. The van der Waals surface area contributed by atoms with Gasteiger partial charge in [0.05, 0.1) is 10.6 Å². The lowest BCUT2D eigenvalue weighted by atomic mass is 10.0. The van der Waals surface area contributed by atoms with E-state index < -0.39 is 34.4 Å². The van der Waals surface area contributed by atoms with Crippen LogP contribution < -0.4 is 0 Å². The zero-order chi connectivity index (χ0) is 12.6. The summed E-state index contributed by atoms with van der Waals surface area (Å²) in [7, 11) is 0. The van der Waals surface area contributed by atoms with E-state index in [-0.39, 0.29) is 5.02 Å². The predicted octanol–water partition coefficient (Wildman–Crippen LogP) is 4.36. The second-order valence-electron chi connectivity index (χ2n) is 3.27. The Bertz CT molecular complexity index is 537. The van der Waals surface area contributed by atoms with E-state index in [9.17, 15) is 17.6 Å². The first-order valence-corrected chi connectivity index (χ1v) is 4.88. The van der Waals surface area contributed by atoms with Crippen molar-refractivity contribution in [1.29, 1.82) is 0 Å². The molecule has 0 atom stereocenters. The summed E-state index contributed by atoms with van der Waals surface area (Å²) in [6, 6.07) is 5.35. The van der Waals surface area contributed by atoms with Crippen LogP contribution in [0.2, 0.25) is 5.02 Å². The number of benzene rings is 2. The van der Waals surface area contributed by atoms with Crippen LogP contribution in [0.4, 0.5) is 17.6 Å². The van der Waals surface area contributed by atoms with Crippen LogP contribution in [0, 0.1) is 29.3 Å². The summed E-state index contributed by atoms with van der Waals surface area (Å²) in [5.74, 6) is -4.44. The summed E-state index contributed by atoms with van der Waals surface area (Å²) in [5.41, 5.74) is -1.14. The van der Waals surface area contributed by atoms with Crippen molar-refractivity contribution < 1.29 is 17.6 Å². The van der Waals surface area contributed by atoms with Gasteiger partial charge in [-0.2, -0.15) is 0 Å². The molecule has 0 spiro atoms. The van der Waals surface area contributed by atoms with Crippen molar-refractivity contribution in [1.82, 2.24) is 0 Å². The van der Waals surface area contributed by atoms with Crippen molar-refractivity contribution in [2.45, 2.75) is 0 Å². The van der Waals surface area contributed by atoms with Gasteiger partial charge in [0.1, 0.15) is 23.3 Å². The molecular weight excluding hydrogens is 256 g/mol. The third-order valence-corrected chi connectivity index (χ3v) is 2.45. The molecule has 5 heteroatoms. The molecule has 0 heterocycles. The van der Waals surface area contributed by atoms with Gasteiger partial charge in [-0.3, -0.25) is 0 Å². The van der Waals surface area contributed by atoms with Gasteiger partial charge in [-0.05, 0) is 18.2 Å². The van der Waals surface area contributed by atoms with Crippen LogP contribution in [0.5, 0.6) is 0 Å². The zero-order valence-electron chi connectivity index (χ0n) is 8.20. The average molecular weight is 260 g/mol. The van der Waals surface area contributed by atoms with Crippen molar-refractivity contribution >= 4 is 11.6 Å². The molecule has 0 bridgehead atoms. The van der Waals surface area contributed by atoms with Gasteiger partial charge >= 0.3 is 0 Å². The van der Waals surface area contributed by atoms with Crippen LogP contribution >= 0.6 is 11.6 Å². The molecule has 0 aliphatic rings. The average Bonchev–Trinajstić information content (AvgIpc) is 2.21. The molecule has 0 nitrogen and oxygen atoms in total. The third-order valence-electron chi connectivity index (χ3n) is 2.15. The molecule has 2 aromatic carbocycles. The number of halogens is 5. The molecule has 1 radical (unpaired) electrons. The summed E-state index contributed by atoms with van der Waals surface area (Å²) < 4.78 is 53.0. The highest BCUT2D eigenvalue weighted by Crippen LogP contribution is 2.34. The highest BCUT2D eigenvalue weighted by molar-refractivity contribution is 6.33. The van der Waals surface area contributed by atoms with E-state index >= 15 is 0 Å². The summed E-state index contributed by atoms with van der Waals surface area (Å²) in [6.45, 7) is 0. The maximum atomic E-state index is 13.5. The standard InChI is InChI=1S/C12H4ClF4/c13-7-2-1-3-8(15)11(7)12-9(16)4-6(14)5-10(12)17/h2-5H. The molecule has 0 aliphatic carbocycles. The Morgan fingerprint density at radius 1 is 0.824 bits per heavy atom. The van der Waals surface area contributed by atoms with Crippen LogP contribution in [0.15, 0.2) is 24.3 Å². The fourth-order valence-corrected chi connectivity index (χ4v) is 1.71. The first-order valence-electron chi connectivity index (χ1n) is 4.50. The van der Waals surface area contributed by atoms with E-state index in [2.05, 4.69) is 6.07 Å². The van der Waals surface area contributed by atoms with Crippen molar-refractivity contribution in [2.24, 2.45) is 0 Å². The quantitative estimate of drug-likeness (QED) is 0.668. The molecule has 17 heavy (non-hydrogen) atoms. The van der Waals surface area contributed by atoms with Crippen LogP contribution in [-0.2, 0) is 0 Å². The molecule has 2 rings (SSSR count). The molecule has 87 valence electrons. The molecule has 0 saturated heterocycles. The predicted molar refractivity (Wildman–Crippen MR) is 55.6 cm³/mol. The summed E-state index contributed by atoms with van der Waals surface area (Å²) in [5, 5.41) is -0.200. The third kappa shape index (κ3) is 2.13. The topological polar surface area (TPSA) is 0 Å². The van der Waals surface area contributed by atoms with Gasteiger partial charge in [-0.15, -0.1) is 0 Å². The smallest absolute Gasteiger partial charge is 0.137 e. The van der Waals surface area contributed by atoms with E-state index in [4.69, 9.17) is 11.6 Å². The highest BCUT2D eigenvalue weighted by atomic mass is 35.5. The minimum atomic E-state index is -1.21. The normalized spacial score (nSPS) is 10.6. The second kappa shape index (κ2) is 4.37. The largest absolute Gasteiger partial charge is 0.207 e. The highest BCUT2D eigenvalue weighted by Gasteiger charge is 2.19. The fraction of sp³-hybridized carbons (Fsp3) is 0. The number of hydrogen-bond acceptors (Lipinski definition) is 0. The molecule has 0 aromatic heterocycles. The Hall–Kier alpha value is -1.55. The molecule has 0 N–H and O–H groups in total. The number of hydrogen-bond donors (Lipinski definition) is 0. The van der Waals surface area contributed by atoms with Gasteiger partial charge in [0.25, 0.3) is 0 Å². The minimum Gasteiger partial charge on any atom is -0.207 e. The van der Waals surface area contributed by atoms with Crippen molar-refractivity contribution in [2.75, 3.05) is 0 Å². The van der Waals surface area contributed by atoms with Gasteiger partial charge < -0.3 is 0 Å². The molecular formula is C12H4ClF4. The van der Waals surface area contributed by atoms with Gasteiger partial charge in [0.2, 0.25) is 0 Å². The molecule has 0 fully saturated rings. The summed E-state index contributed by atoms with van der Waals surface area (Å²) in [4.78, 5) is 0. The van der Waals surface area contributed by atoms with E-state index in [0.29, 0.717) is 12.1 Å². The minimum absolute atomic E-state index is 0.200. The molecule has 2 aromatic rings. The van der Waals surface area contributed by atoms with Gasteiger partial charge in [-0.25, -0.2) is 17.6 Å². The molecule has 0 amide bonds. The maximum absolute atomic E-state index is 13.5. The Labute approximate surface area is 99.5 Å². The molecule has 0 aliphatic heterocycles. The lowest BCUT2D eigenvalue weighted by molar-refractivity contribution is 0.545. The van der Waals surface area contributed by atoms with Crippen molar-refractivity contribution in [3.05, 3.63) is 58.6 Å². The lowest BCUT2D eigenvalue weighted by Gasteiger charge is -2.08. The summed E-state index contributed by atoms with van der Waals surface area (Å²) in [6.07, 6.45) is 0. The molecule has 0 saturated carbocycles. The first-order chi connectivity index (χ1) is 8.00. The van der Waals surface area contributed by atoms with Crippen LogP contribution in [0.1, 0.15) is 0 Å². The number of rotatable bonds is 1. The first kappa shape index (κ1) is 11.9. The molecule has 0 unspecified atom stereocenters. The van der Waals surface area contributed by atoms with E-state index in [1.54, 1.807) is 0 Å². The second-order valence-corrected chi connectivity index (χ2v) is 3.68. The van der Waals surface area contributed by atoms with Crippen molar-refractivity contribution in [3.8, 4) is 11.1 Å². The Morgan fingerprint density at radius 3 is 1.94 bits per heavy atom. The fourth-order valence-electron chi connectivity index (χ4n) is 1.47. The van der Waals surface area contributed by atoms with E-state index in [1.807, 2.05) is 0 Å². The Morgan fingerprint density at radius 2 is 1.41 bits per heavy atom. The van der Waals surface area contributed by atoms with Gasteiger partial charge in [-0.1, -0.05) is 11.6 Å². The lowest BCUT2D eigenvalue weighted by Crippen LogP contribution is -1.95. The van der Waals surface area contributed by atoms with Gasteiger partial charge in [0, 0.05) is 17.7 Å². The SMILES string of the molecule is Fc1cc(F)c(-c2c(F)c[c]cc2Cl)c(F)c1. The Kier molecular flexibility index (Phi) is 3.07. The van der Waals surface area contributed by atoms with E-state index in [0.717, 1.165) is 6.07 Å². The van der Waals surface area contributed by atoms with Gasteiger partial charge in [0.15, 0.2) is 0 Å². The van der Waals surface area contributed by atoms with E-state index in [1.165, 1.54) is 6.07 Å². The zero-order valence-corrected chi connectivity index (χ0v) is 8.96. The van der Waals surface area contributed by atoms with Crippen molar-refractivity contribution in [3.63, 3.8) is 0 Å². The monoisotopic (exact) mass is 259 g/mol. The summed E-state index contributed by atoms with van der Waals surface area (Å²) >= 11 is 5.65. The van der Waals surface area contributed by atoms with Crippen LogP contribution in [-0.4, -0.2) is 0 Å². The van der Waals surface area contributed by atoms with Crippen LogP contribution in [0.25, 0.3) is 11.1 Å². The van der Waals surface area contributed by atoms with Crippen LogP contribution in [0.3, 0.4) is 0 Å².